The Bertz CT molecular complexity index is 919. The van der Waals surface area contributed by atoms with E-state index in [0.29, 0.717) is 12.1 Å². The minimum absolute atomic E-state index is 0.297. The molecule has 0 saturated heterocycles. The fourth-order valence-corrected chi connectivity index (χ4v) is 3.71. The van der Waals surface area contributed by atoms with E-state index in [9.17, 15) is 35.1 Å². The molecule has 0 bridgehead atoms. The molecule has 0 spiro atoms. The molecule has 0 aliphatic carbocycles. The van der Waals surface area contributed by atoms with Crippen molar-refractivity contribution in [3.8, 4) is 11.1 Å². The van der Waals surface area contributed by atoms with E-state index in [2.05, 4.69) is 26.1 Å². The molecule has 1 atom stereocenters. The van der Waals surface area contributed by atoms with E-state index in [1.54, 1.807) is 0 Å². The highest BCUT2D eigenvalue weighted by Gasteiger charge is 2.29. The Balaban J connectivity index is 0.000000371. The van der Waals surface area contributed by atoms with E-state index in [4.69, 9.17) is 0 Å². The van der Waals surface area contributed by atoms with Gasteiger partial charge in [-0.05, 0) is 44.0 Å². The summed E-state index contributed by atoms with van der Waals surface area (Å²) in [7, 11) is 0. The maximum atomic E-state index is 13.4. The molecule has 0 amide bonds. The zero-order chi connectivity index (χ0) is 27.3. The van der Waals surface area contributed by atoms with Crippen molar-refractivity contribution in [2.75, 3.05) is 13.1 Å². The van der Waals surface area contributed by atoms with Gasteiger partial charge in [0.1, 0.15) is 0 Å². The highest BCUT2D eigenvalue weighted by molar-refractivity contribution is 5.66. The summed E-state index contributed by atoms with van der Waals surface area (Å²) in [5.41, 5.74) is -2.95. The number of rotatable bonds is 13. The van der Waals surface area contributed by atoms with Crippen LogP contribution in [0.4, 0.5) is 35.1 Å². The molecule has 1 nitrogen and oxygen atoms in total. The van der Waals surface area contributed by atoms with E-state index in [1.165, 1.54) is 70.9 Å². The summed E-state index contributed by atoms with van der Waals surface area (Å²) in [5, 5.41) is 3.57. The van der Waals surface area contributed by atoms with Crippen LogP contribution in [0.5, 0.6) is 0 Å². The minimum Gasteiger partial charge on any atom is -0.316 e. The third-order valence-corrected chi connectivity index (χ3v) is 5.75. The van der Waals surface area contributed by atoms with Gasteiger partial charge in [0.2, 0.25) is 5.82 Å². The van der Waals surface area contributed by atoms with E-state index in [-0.39, 0.29) is 0 Å². The van der Waals surface area contributed by atoms with Crippen molar-refractivity contribution in [2.45, 2.75) is 78.6 Å². The second kappa shape index (κ2) is 16.6. The molecule has 36 heavy (non-hydrogen) atoms. The Labute approximate surface area is 208 Å². The molecular formula is C27H35F8N. The van der Waals surface area contributed by atoms with Crippen molar-refractivity contribution in [1.82, 2.24) is 5.32 Å². The van der Waals surface area contributed by atoms with Crippen molar-refractivity contribution >= 4 is 0 Å². The van der Waals surface area contributed by atoms with E-state index in [1.807, 2.05) is 0 Å². The molecule has 2 rings (SSSR count). The van der Waals surface area contributed by atoms with Crippen LogP contribution in [0.15, 0.2) is 12.1 Å². The van der Waals surface area contributed by atoms with E-state index >= 15 is 0 Å². The minimum atomic E-state index is -2.44. The molecule has 9 heteroatoms. The molecule has 0 aromatic heterocycles. The first-order valence-electron chi connectivity index (χ1n) is 12.4. The maximum absolute atomic E-state index is 13.4. The first-order chi connectivity index (χ1) is 17.1. The van der Waals surface area contributed by atoms with Crippen LogP contribution < -0.4 is 5.32 Å². The highest BCUT2D eigenvalue weighted by atomic mass is 19.2. The zero-order valence-electron chi connectivity index (χ0n) is 21.0. The molecule has 0 radical (unpaired) electrons. The molecule has 0 aliphatic rings. The molecule has 0 heterocycles. The molecule has 2 aromatic carbocycles. The number of halogens is 8. The van der Waals surface area contributed by atoms with Gasteiger partial charge in [0.15, 0.2) is 40.7 Å². The van der Waals surface area contributed by atoms with Gasteiger partial charge in [-0.1, -0.05) is 65.7 Å². The van der Waals surface area contributed by atoms with Gasteiger partial charge in [0.25, 0.3) is 0 Å². The number of hydrogen-bond donors (Lipinski definition) is 1. The van der Waals surface area contributed by atoms with Gasteiger partial charge in [0.05, 0.1) is 5.56 Å². The van der Waals surface area contributed by atoms with Crippen molar-refractivity contribution in [1.29, 1.82) is 0 Å². The van der Waals surface area contributed by atoms with Crippen molar-refractivity contribution in [3.05, 3.63) is 58.7 Å². The predicted molar refractivity (Wildman–Crippen MR) is 126 cm³/mol. The van der Waals surface area contributed by atoms with Crippen LogP contribution in [0.2, 0.25) is 0 Å². The van der Waals surface area contributed by atoms with Gasteiger partial charge in [-0.2, -0.15) is 0 Å². The lowest BCUT2D eigenvalue weighted by molar-refractivity contribution is 0.380. The molecule has 1 N–H and O–H groups in total. The first-order valence-corrected chi connectivity index (χ1v) is 12.4. The summed E-state index contributed by atoms with van der Waals surface area (Å²) in [6.07, 6.45) is 12.6. The number of hydrogen-bond acceptors (Lipinski definition) is 1. The van der Waals surface area contributed by atoms with Crippen molar-refractivity contribution in [3.63, 3.8) is 0 Å². The molecule has 0 aliphatic heterocycles. The van der Waals surface area contributed by atoms with E-state index < -0.39 is 57.7 Å². The molecule has 1 unspecified atom stereocenters. The Morgan fingerprint density at radius 1 is 0.611 bits per heavy atom. The fourth-order valence-electron chi connectivity index (χ4n) is 3.71. The van der Waals surface area contributed by atoms with Gasteiger partial charge in [-0.25, -0.2) is 35.1 Å². The van der Waals surface area contributed by atoms with Gasteiger partial charge < -0.3 is 5.32 Å². The smallest absolute Gasteiger partial charge is 0.200 e. The summed E-state index contributed by atoms with van der Waals surface area (Å²) < 4.78 is 105. The Kier molecular flexibility index (Phi) is 14.7. The van der Waals surface area contributed by atoms with Crippen LogP contribution in [0.3, 0.4) is 0 Å². The molecule has 0 saturated carbocycles. The molecule has 204 valence electrons. The molecule has 0 fully saturated rings. The van der Waals surface area contributed by atoms with Gasteiger partial charge in [-0.15, -0.1) is 0 Å². The highest BCUT2D eigenvalue weighted by Crippen LogP contribution is 2.34. The number of benzene rings is 2. The van der Waals surface area contributed by atoms with Crippen LogP contribution in [0, 0.1) is 52.5 Å². The SMILES string of the molecule is CCCCCCCCCNCC(C)CCC.Fc1ccc(-c2c(F)c(F)c(F)c(F)c2F)c(F)c1F. The lowest BCUT2D eigenvalue weighted by atomic mass is 10.0. The number of unbranched alkanes of at least 4 members (excludes halogenated alkanes) is 6. The fraction of sp³-hybridized carbons (Fsp3) is 0.556. The average Bonchev–Trinajstić information content (AvgIpc) is 2.86. The van der Waals surface area contributed by atoms with E-state index in [0.717, 1.165) is 5.92 Å². The quantitative estimate of drug-likeness (QED) is 0.119. The van der Waals surface area contributed by atoms with Crippen LogP contribution in [0.25, 0.3) is 11.1 Å². The standard InChI is InChI=1S/C15H33N.C12H2F8/c1-4-6-7-8-9-10-11-13-16-14-15(3)12-5-2;13-4-2-1-3(6(14)7(4)15)5-8(16)10(18)12(20)11(19)9(5)17/h15-16H,4-14H2,1-3H3;1-2H. The van der Waals surface area contributed by atoms with Crippen molar-refractivity contribution < 1.29 is 35.1 Å². The van der Waals surface area contributed by atoms with Crippen LogP contribution >= 0.6 is 0 Å². The first kappa shape index (κ1) is 31.9. The summed E-state index contributed by atoms with van der Waals surface area (Å²) in [6.45, 7) is 9.33. The Morgan fingerprint density at radius 3 is 1.69 bits per heavy atom. The third kappa shape index (κ3) is 9.37. The topological polar surface area (TPSA) is 12.0 Å². The second-order valence-electron chi connectivity index (χ2n) is 8.89. The predicted octanol–water partition coefficient (Wildman–Crippen LogP) is 9.23. The Morgan fingerprint density at radius 2 is 1.14 bits per heavy atom. The van der Waals surface area contributed by atoms with Crippen LogP contribution in [-0.4, -0.2) is 13.1 Å². The third-order valence-electron chi connectivity index (χ3n) is 5.75. The number of nitrogens with one attached hydrogen (secondary N) is 1. The average molecular weight is 526 g/mol. The van der Waals surface area contributed by atoms with Crippen LogP contribution in [-0.2, 0) is 0 Å². The summed E-state index contributed by atoms with van der Waals surface area (Å²) in [4.78, 5) is 0. The summed E-state index contributed by atoms with van der Waals surface area (Å²) >= 11 is 0. The normalized spacial score (nSPS) is 11.9. The second-order valence-corrected chi connectivity index (χ2v) is 8.89. The summed E-state index contributed by atoms with van der Waals surface area (Å²) in [5.74, 6) is -16.7. The lowest BCUT2D eigenvalue weighted by Crippen LogP contribution is -2.22. The maximum Gasteiger partial charge on any atom is 0.200 e. The van der Waals surface area contributed by atoms with Gasteiger partial charge in [-0.3, -0.25) is 0 Å². The van der Waals surface area contributed by atoms with Gasteiger partial charge in [0, 0.05) is 5.56 Å². The van der Waals surface area contributed by atoms with Crippen molar-refractivity contribution in [2.24, 2.45) is 5.92 Å². The molecule has 2 aromatic rings. The zero-order valence-corrected chi connectivity index (χ0v) is 21.0. The largest absolute Gasteiger partial charge is 0.316 e. The Hall–Kier alpha value is -2.16. The summed E-state index contributed by atoms with van der Waals surface area (Å²) in [6, 6.07) is 0.665. The van der Waals surface area contributed by atoms with Crippen LogP contribution in [0.1, 0.15) is 78.6 Å². The molecular weight excluding hydrogens is 490 g/mol. The lowest BCUT2D eigenvalue weighted by Gasteiger charge is -2.11. The monoisotopic (exact) mass is 525 g/mol. The van der Waals surface area contributed by atoms with Gasteiger partial charge >= 0.3 is 0 Å².